The molecular weight excluding hydrogens is 398 g/mol. The van der Waals surface area contributed by atoms with Gasteiger partial charge in [0, 0.05) is 22.5 Å². The van der Waals surface area contributed by atoms with Crippen molar-refractivity contribution < 1.29 is 13.2 Å². The maximum absolute atomic E-state index is 12.5. The number of carbonyl (C=O) groups excluding carboxylic acids is 1. The lowest BCUT2D eigenvalue weighted by Gasteiger charge is -2.13. The minimum absolute atomic E-state index is 0.0526. The number of benzene rings is 2. The number of hydrogen-bond donors (Lipinski definition) is 2. The minimum Gasteiger partial charge on any atom is -0.344 e. The lowest BCUT2D eigenvalue weighted by molar-refractivity contribution is 0.0939. The number of aromatic nitrogens is 1. The quantitative estimate of drug-likeness (QED) is 0.636. The lowest BCUT2D eigenvalue weighted by atomic mass is 10.1. The zero-order valence-electron chi connectivity index (χ0n) is 15.0. The number of carbonyl (C=O) groups is 1. The number of hydrogen-bond acceptors (Lipinski definition) is 4. The molecule has 3 rings (SSSR count). The Morgan fingerprint density at radius 2 is 1.68 bits per heavy atom. The standard InChI is InChI=1S/C20H18ClN3O3S/c1-14(19-4-2-3-13-22-19)23-20(25)15-5-11-18(12-6-15)28(26,27)24-17-9-7-16(21)8-10-17/h2-14,24H,1H3,(H,23,25)/t14-/m0/s1. The number of amides is 1. The van der Waals surface area contributed by atoms with Gasteiger partial charge in [0.05, 0.1) is 16.6 Å². The van der Waals surface area contributed by atoms with Crippen molar-refractivity contribution in [1.82, 2.24) is 10.3 Å². The van der Waals surface area contributed by atoms with Crippen LogP contribution in [0.4, 0.5) is 5.69 Å². The molecule has 1 atom stereocenters. The first-order valence-corrected chi connectivity index (χ1v) is 10.3. The highest BCUT2D eigenvalue weighted by Gasteiger charge is 2.16. The van der Waals surface area contributed by atoms with E-state index in [4.69, 9.17) is 11.6 Å². The third-order valence-electron chi connectivity index (χ3n) is 4.00. The maximum Gasteiger partial charge on any atom is 0.261 e. The van der Waals surface area contributed by atoms with E-state index in [2.05, 4.69) is 15.0 Å². The van der Waals surface area contributed by atoms with Crippen LogP contribution < -0.4 is 10.0 Å². The fourth-order valence-electron chi connectivity index (χ4n) is 2.50. The molecule has 8 heteroatoms. The summed E-state index contributed by atoms with van der Waals surface area (Å²) in [7, 11) is -3.77. The third kappa shape index (κ3) is 4.88. The molecule has 3 aromatic rings. The predicted molar refractivity (Wildman–Crippen MR) is 109 cm³/mol. The van der Waals surface area contributed by atoms with E-state index in [0.29, 0.717) is 16.3 Å². The summed E-state index contributed by atoms with van der Waals surface area (Å²) in [5.74, 6) is -0.312. The predicted octanol–water partition coefficient (Wildman–Crippen LogP) is 4.03. The first-order valence-electron chi connectivity index (χ1n) is 8.45. The fourth-order valence-corrected chi connectivity index (χ4v) is 3.69. The number of halogens is 1. The van der Waals surface area contributed by atoms with Crippen LogP contribution in [0.3, 0.4) is 0 Å². The second kappa shape index (κ2) is 8.41. The molecule has 144 valence electrons. The molecule has 6 nitrogen and oxygen atoms in total. The second-order valence-corrected chi connectivity index (χ2v) is 8.21. The molecule has 0 fully saturated rings. The number of nitrogens with zero attached hydrogens (tertiary/aromatic N) is 1. The summed E-state index contributed by atoms with van der Waals surface area (Å²) < 4.78 is 27.4. The van der Waals surface area contributed by atoms with Crippen molar-refractivity contribution in [3.63, 3.8) is 0 Å². The topological polar surface area (TPSA) is 88.2 Å². The molecular formula is C20H18ClN3O3S. The molecule has 0 bridgehead atoms. The molecule has 0 saturated carbocycles. The third-order valence-corrected chi connectivity index (χ3v) is 5.65. The Morgan fingerprint density at radius 1 is 1.00 bits per heavy atom. The molecule has 1 amide bonds. The highest BCUT2D eigenvalue weighted by Crippen LogP contribution is 2.19. The molecule has 2 aromatic carbocycles. The van der Waals surface area contributed by atoms with Gasteiger partial charge in [0.15, 0.2) is 0 Å². The lowest BCUT2D eigenvalue weighted by Crippen LogP contribution is -2.27. The van der Waals surface area contributed by atoms with Crippen molar-refractivity contribution in [2.75, 3.05) is 4.72 Å². The summed E-state index contributed by atoms with van der Waals surface area (Å²) >= 11 is 5.80. The van der Waals surface area contributed by atoms with Gasteiger partial charge in [-0.3, -0.25) is 14.5 Å². The number of nitrogens with one attached hydrogen (secondary N) is 2. The molecule has 0 aliphatic rings. The number of rotatable bonds is 6. The van der Waals surface area contributed by atoms with Crippen LogP contribution in [0, 0.1) is 0 Å². The smallest absolute Gasteiger partial charge is 0.261 e. The van der Waals surface area contributed by atoms with Gasteiger partial charge in [-0.25, -0.2) is 8.42 Å². The minimum atomic E-state index is -3.77. The second-order valence-electron chi connectivity index (χ2n) is 6.09. The van der Waals surface area contributed by atoms with E-state index in [1.165, 1.54) is 24.3 Å². The van der Waals surface area contributed by atoms with Gasteiger partial charge in [-0.1, -0.05) is 17.7 Å². The van der Waals surface area contributed by atoms with Crippen molar-refractivity contribution in [3.05, 3.63) is 89.2 Å². The van der Waals surface area contributed by atoms with Crippen molar-refractivity contribution in [3.8, 4) is 0 Å². The van der Waals surface area contributed by atoms with Gasteiger partial charge < -0.3 is 5.32 Å². The van der Waals surface area contributed by atoms with Crippen molar-refractivity contribution in [1.29, 1.82) is 0 Å². The van der Waals surface area contributed by atoms with Crippen LogP contribution in [-0.2, 0) is 10.0 Å². The maximum atomic E-state index is 12.5. The van der Waals surface area contributed by atoms with E-state index in [1.807, 2.05) is 19.1 Å². The van der Waals surface area contributed by atoms with Crippen molar-refractivity contribution >= 4 is 33.2 Å². The Balaban J connectivity index is 1.70. The summed E-state index contributed by atoms with van der Waals surface area (Å²) in [4.78, 5) is 16.7. The monoisotopic (exact) mass is 415 g/mol. The van der Waals surface area contributed by atoms with Crippen LogP contribution >= 0.6 is 11.6 Å². The summed E-state index contributed by atoms with van der Waals surface area (Å²) in [6.45, 7) is 1.83. The fraction of sp³-hybridized carbons (Fsp3) is 0.100. The van der Waals surface area contributed by atoms with E-state index in [0.717, 1.165) is 5.69 Å². The van der Waals surface area contributed by atoms with Crippen molar-refractivity contribution in [2.24, 2.45) is 0 Å². The number of pyridine rings is 1. The molecule has 1 aromatic heterocycles. The van der Waals surface area contributed by atoms with Crippen LogP contribution in [0.25, 0.3) is 0 Å². The largest absolute Gasteiger partial charge is 0.344 e. The Labute approximate surface area is 168 Å². The molecule has 2 N–H and O–H groups in total. The highest BCUT2D eigenvalue weighted by molar-refractivity contribution is 7.92. The van der Waals surface area contributed by atoms with Gasteiger partial charge in [-0.05, 0) is 67.6 Å². The normalized spacial score (nSPS) is 12.2. The average Bonchev–Trinajstić information content (AvgIpc) is 2.70. The first kappa shape index (κ1) is 19.9. The summed E-state index contributed by atoms with van der Waals surface area (Å²) in [5, 5.41) is 3.35. The molecule has 28 heavy (non-hydrogen) atoms. The number of sulfonamides is 1. The van der Waals surface area contributed by atoms with Crippen LogP contribution in [0.2, 0.25) is 5.02 Å². The number of anilines is 1. The van der Waals surface area contributed by atoms with Gasteiger partial charge in [-0.15, -0.1) is 0 Å². The van der Waals surface area contributed by atoms with Crippen LogP contribution in [0.5, 0.6) is 0 Å². The van der Waals surface area contributed by atoms with Gasteiger partial charge in [0.25, 0.3) is 15.9 Å². The molecule has 1 heterocycles. The molecule has 0 spiro atoms. The molecule has 0 aliphatic carbocycles. The van der Waals surface area contributed by atoms with E-state index in [1.54, 1.807) is 36.5 Å². The molecule has 0 unspecified atom stereocenters. The zero-order valence-corrected chi connectivity index (χ0v) is 16.5. The summed E-state index contributed by atoms with van der Waals surface area (Å²) in [5.41, 5.74) is 1.49. The summed E-state index contributed by atoms with van der Waals surface area (Å²) in [6, 6.07) is 17.2. The molecule has 0 radical (unpaired) electrons. The van der Waals surface area contributed by atoms with E-state index in [-0.39, 0.29) is 16.8 Å². The average molecular weight is 416 g/mol. The van der Waals surface area contributed by atoms with E-state index in [9.17, 15) is 13.2 Å². The van der Waals surface area contributed by atoms with Crippen LogP contribution in [-0.4, -0.2) is 19.3 Å². The Kier molecular flexibility index (Phi) is 5.96. The van der Waals surface area contributed by atoms with Gasteiger partial charge in [0.1, 0.15) is 0 Å². The van der Waals surface area contributed by atoms with Gasteiger partial charge in [-0.2, -0.15) is 0 Å². The first-order chi connectivity index (χ1) is 13.3. The van der Waals surface area contributed by atoms with Gasteiger partial charge >= 0.3 is 0 Å². The Bertz CT molecular complexity index is 1050. The van der Waals surface area contributed by atoms with Crippen molar-refractivity contribution in [2.45, 2.75) is 17.9 Å². The van der Waals surface area contributed by atoms with Crippen LogP contribution in [0.1, 0.15) is 29.0 Å². The van der Waals surface area contributed by atoms with E-state index < -0.39 is 10.0 Å². The van der Waals surface area contributed by atoms with Crippen LogP contribution in [0.15, 0.2) is 77.8 Å². The molecule has 0 saturated heterocycles. The Hall–Kier alpha value is -2.90. The van der Waals surface area contributed by atoms with Gasteiger partial charge in [0.2, 0.25) is 0 Å². The zero-order chi connectivity index (χ0) is 20.1. The Morgan fingerprint density at radius 3 is 2.29 bits per heavy atom. The molecule has 0 aliphatic heterocycles. The SMILES string of the molecule is C[C@H](NC(=O)c1ccc(S(=O)(=O)Nc2ccc(Cl)cc2)cc1)c1ccccn1. The summed E-state index contributed by atoms with van der Waals surface area (Å²) in [6.07, 6.45) is 1.66. The van der Waals surface area contributed by atoms with E-state index >= 15 is 0 Å². The highest BCUT2D eigenvalue weighted by atomic mass is 35.5.